The zero-order chi connectivity index (χ0) is 19.5. The summed E-state index contributed by atoms with van der Waals surface area (Å²) in [4.78, 5) is 4.36. The monoisotopic (exact) mass is 418 g/mol. The van der Waals surface area contributed by atoms with Crippen molar-refractivity contribution in [2.75, 3.05) is 20.3 Å². The molecule has 29 heavy (non-hydrogen) atoms. The molecular weight excluding hydrogens is 392 g/mol. The second kappa shape index (κ2) is 9.22. The highest BCUT2D eigenvalue weighted by molar-refractivity contribution is 5.85. The van der Waals surface area contributed by atoms with E-state index in [9.17, 15) is 0 Å². The molecular formula is C21H27ClN4O3. The van der Waals surface area contributed by atoms with Crippen molar-refractivity contribution in [2.24, 2.45) is 0 Å². The van der Waals surface area contributed by atoms with Gasteiger partial charge in [-0.1, -0.05) is 0 Å². The molecule has 4 rings (SSSR count). The Morgan fingerprint density at radius 3 is 2.52 bits per heavy atom. The predicted octanol–water partition coefficient (Wildman–Crippen LogP) is 4.05. The van der Waals surface area contributed by atoms with Gasteiger partial charge in [0, 0.05) is 36.8 Å². The lowest BCUT2D eigenvalue weighted by Crippen LogP contribution is -2.07. The quantitative estimate of drug-likeness (QED) is 0.604. The van der Waals surface area contributed by atoms with Gasteiger partial charge in [-0.25, -0.2) is 4.98 Å². The van der Waals surface area contributed by atoms with Crippen molar-refractivity contribution in [3.8, 4) is 28.5 Å². The molecule has 0 fully saturated rings. The van der Waals surface area contributed by atoms with Gasteiger partial charge in [-0.2, -0.15) is 5.10 Å². The number of hydrogen-bond donors (Lipinski definition) is 0. The third-order valence-corrected chi connectivity index (χ3v) is 4.93. The standard InChI is InChI=1S/C21H26N4O3.ClH/c1-15-10-16(2)25(23-15)7-4-6-24-14-22-13-18(24)17-11-20-21(12-19(17)26-3)28-9-5-8-27-20;/h10-14H,4-9H2,1-3H3;1H. The number of benzene rings is 1. The summed E-state index contributed by atoms with van der Waals surface area (Å²) in [7, 11) is 1.67. The summed E-state index contributed by atoms with van der Waals surface area (Å²) in [6.45, 7) is 7.13. The summed E-state index contributed by atoms with van der Waals surface area (Å²) < 4.78 is 21.5. The minimum atomic E-state index is 0. The van der Waals surface area contributed by atoms with Gasteiger partial charge in [0.25, 0.3) is 0 Å². The van der Waals surface area contributed by atoms with Gasteiger partial charge < -0.3 is 18.8 Å². The molecule has 7 nitrogen and oxygen atoms in total. The highest BCUT2D eigenvalue weighted by atomic mass is 35.5. The highest BCUT2D eigenvalue weighted by Crippen LogP contribution is 2.41. The number of ether oxygens (including phenoxy) is 3. The molecule has 0 radical (unpaired) electrons. The van der Waals surface area contributed by atoms with Gasteiger partial charge in [0.15, 0.2) is 11.5 Å². The summed E-state index contributed by atoms with van der Waals surface area (Å²) in [5.41, 5.74) is 4.20. The van der Waals surface area contributed by atoms with E-state index in [-0.39, 0.29) is 12.4 Å². The Labute approximate surface area is 177 Å². The van der Waals surface area contributed by atoms with Crippen LogP contribution in [0.15, 0.2) is 30.7 Å². The number of nitrogens with zero attached hydrogens (tertiary/aromatic N) is 4. The lowest BCUT2D eigenvalue weighted by molar-refractivity contribution is 0.296. The minimum Gasteiger partial charge on any atom is -0.496 e. The molecule has 0 unspecified atom stereocenters. The van der Waals surface area contributed by atoms with Crippen LogP contribution in [0.25, 0.3) is 11.3 Å². The van der Waals surface area contributed by atoms with Gasteiger partial charge in [-0.15, -0.1) is 12.4 Å². The molecule has 0 saturated heterocycles. The van der Waals surface area contributed by atoms with Crippen LogP contribution in [0.2, 0.25) is 0 Å². The molecule has 8 heteroatoms. The zero-order valence-corrected chi connectivity index (χ0v) is 17.9. The van der Waals surface area contributed by atoms with Crippen LogP contribution in [-0.2, 0) is 13.1 Å². The maximum Gasteiger partial charge on any atom is 0.164 e. The Bertz CT molecular complexity index is 967. The topological polar surface area (TPSA) is 63.3 Å². The molecule has 1 aromatic carbocycles. The van der Waals surface area contributed by atoms with E-state index in [4.69, 9.17) is 14.2 Å². The number of methoxy groups -OCH3 is 1. The second-order valence-electron chi connectivity index (χ2n) is 7.03. The Morgan fingerprint density at radius 1 is 1.07 bits per heavy atom. The maximum absolute atomic E-state index is 5.86. The lowest BCUT2D eigenvalue weighted by Gasteiger charge is -2.15. The number of aryl methyl sites for hydroxylation is 4. The van der Waals surface area contributed by atoms with Gasteiger partial charge in [-0.3, -0.25) is 4.68 Å². The van der Waals surface area contributed by atoms with Crippen molar-refractivity contribution in [3.05, 3.63) is 42.1 Å². The van der Waals surface area contributed by atoms with Gasteiger partial charge in [0.2, 0.25) is 0 Å². The van der Waals surface area contributed by atoms with Crippen molar-refractivity contribution in [2.45, 2.75) is 39.8 Å². The summed E-state index contributed by atoms with van der Waals surface area (Å²) in [5.74, 6) is 2.24. The first-order valence-corrected chi connectivity index (χ1v) is 9.65. The summed E-state index contributed by atoms with van der Waals surface area (Å²) in [6, 6.07) is 6.00. The first kappa shape index (κ1) is 21.0. The number of halogens is 1. The summed E-state index contributed by atoms with van der Waals surface area (Å²) in [5, 5.41) is 4.54. The van der Waals surface area contributed by atoms with Crippen LogP contribution < -0.4 is 14.2 Å². The van der Waals surface area contributed by atoms with Crippen molar-refractivity contribution >= 4 is 12.4 Å². The van der Waals surface area contributed by atoms with Gasteiger partial charge >= 0.3 is 0 Å². The number of aromatic nitrogens is 4. The number of hydrogen-bond acceptors (Lipinski definition) is 5. The molecule has 0 atom stereocenters. The van der Waals surface area contributed by atoms with E-state index < -0.39 is 0 Å². The molecule has 156 valence electrons. The van der Waals surface area contributed by atoms with Crippen LogP contribution in [0, 0.1) is 13.8 Å². The first-order chi connectivity index (χ1) is 13.7. The fraction of sp³-hybridized carbons (Fsp3) is 0.429. The molecule has 0 N–H and O–H groups in total. The van der Waals surface area contributed by atoms with Gasteiger partial charge in [0.05, 0.1) is 44.2 Å². The normalized spacial score (nSPS) is 12.9. The van der Waals surface area contributed by atoms with Crippen LogP contribution >= 0.6 is 12.4 Å². The van der Waals surface area contributed by atoms with Gasteiger partial charge in [-0.05, 0) is 32.4 Å². The smallest absolute Gasteiger partial charge is 0.164 e. The zero-order valence-electron chi connectivity index (χ0n) is 17.1. The van der Waals surface area contributed by atoms with E-state index in [0.717, 1.165) is 60.1 Å². The van der Waals surface area contributed by atoms with Crippen LogP contribution in [0.1, 0.15) is 24.2 Å². The largest absolute Gasteiger partial charge is 0.496 e. The maximum atomic E-state index is 5.86. The Kier molecular flexibility index (Phi) is 6.69. The second-order valence-corrected chi connectivity index (χ2v) is 7.03. The number of imidazole rings is 1. The van der Waals surface area contributed by atoms with Gasteiger partial charge in [0.1, 0.15) is 5.75 Å². The van der Waals surface area contributed by atoms with Crippen molar-refractivity contribution < 1.29 is 14.2 Å². The van der Waals surface area contributed by atoms with Crippen molar-refractivity contribution in [1.29, 1.82) is 0 Å². The number of rotatable bonds is 6. The van der Waals surface area contributed by atoms with E-state index in [1.807, 2.05) is 31.6 Å². The molecule has 1 aliphatic heterocycles. The average molecular weight is 419 g/mol. The molecule has 0 bridgehead atoms. The predicted molar refractivity (Wildman–Crippen MR) is 113 cm³/mol. The molecule has 0 saturated carbocycles. The summed E-state index contributed by atoms with van der Waals surface area (Å²) >= 11 is 0. The minimum absolute atomic E-state index is 0. The lowest BCUT2D eigenvalue weighted by atomic mass is 10.1. The fourth-order valence-corrected chi connectivity index (χ4v) is 3.57. The highest BCUT2D eigenvalue weighted by Gasteiger charge is 2.18. The Morgan fingerprint density at radius 2 is 1.83 bits per heavy atom. The molecule has 3 heterocycles. The molecule has 0 aliphatic carbocycles. The van der Waals surface area contributed by atoms with E-state index in [0.29, 0.717) is 13.2 Å². The Balaban J connectivity index is 0.00000240. The van der Waals surface area contributed by atoms with Crippen LogP contribution in [0.3, 0.4) is 0 Å². The SMILES string of the molecule is COc1cc2c(cc1-c1cncn1CCCn1nc(C)cc1C)OCCCO2.Cl. The molecule has 2 aromatic heterocycles. The van der Waals surface area contributed by atoms with E-state index in [1.165, 1.54) is 5.69 Å². The van der Waals surface area contributed by atoms with Crippen LogP contribution in [0.4, 0.5) is 0 Å². The molecule has 0 spiro atoms. The van der Waals surface area contributed by atoms with Crippen molar-refractivity contribution in [3.63, 3.8) is 0 Å². The third kappa shape index (κ3) is 4.50. The van der Waals surface area contributed by atoms with E-state index in [1.54, 1.807) is 7.11 Å². The first-order valence-electron chi connectivity index (χ1n) is 9.65. The van der Waals surface area contributed by atoms with Crippen molar-refractivity contribution in [1.82, 2.24) is 19.3 Å². The Hall–Kier alpha value is -2.67. The molecule has 1 aliphatic rings. The summed E-state index contributed by atoms with van der Waals surface area (Å²) in [6.07, 6.45) is 5.55. The fourth-order valence-electron chi connectivity index (χ4n) is 3.57. The van der Waals surface area contributed by atoms with E-state index >= 15 is 0 Å². The number of fused-ring (bicyclic) bond motifs is 1. The molecule has 3 aromatic rings. The van der Waals surface area contributed by atoms with Crippen LogP contribution in [0.5, 0.6) is 17.2 Å². The van der Waals surface area contributed by atoms with E-state index in [2.05, 4.69) is 32.3 Å². The third-order valence-electron chi connectivity index (χ3n) is 4.93. The average Bonchev–Trinajstić information content (AvgIpc) is 3.19. The van der Waals surface area contributed by atoms with Crippen LogP contribution in [-0.4, -0.2) is 39.7 Å². The molecule has 0 amide bonds.